The maximum Gasteiger partial charge on any atom is 0.242 e. The maximum absolute atomic E-state index is 12.8. The Balaban J connectivity index is 1.58. The van der Waals surface area contributed by atoms with Gasteiger partial charge in [-0.25, -0.2) is 0 Å². The molecule has 0 saturated carbocycles. The number of carbonyl (C=O) groups is 2. The van der Waals surface area contributed by atoms with Gasteiger partial charge in [-0.15, -0.1) is 0 Å². The normalized spacial score (nSPS) is 11.3. The molecule has 1 atom stereocenters. The van der Waals surface area contributed by atoms with Crippen LogP contribution in [0.5, 0.6) is 0 Å². The molecule has 7 nitrogen and oxygen atoms in total. The molecule has 0 saturated heterocycles. The number of benzene rings is 3. The van der Waals surface area contributed by atoms with Gasteiger partial charge in [0.1, 0.15) is 6.04 Å². The number of hydrogen-bond acceptors (Lipinski definition) is 3. The summed E-state index contributed by atoms with van der Waals surface area (Å²) in [7, 11) is 0. The van der Waals surface area contributed by atoms with Gasteiger partial charge in [-0.2, -0.15) is 0 Å². The third-order valence-corrected chi connectivity index (χ3v) is 5.33. The molecule has 3 aromatic carbocycles. The molecule has 0 fully saturated rings. The summed E-state index contributed by atoms with van der Waals surface area (Å²) in [6.45, 7) is 0.780. The first-order chi connectivity index (χ1) is 16.5. The van der Waals surface area contributed by atoms with Crippen molar-refractivity contribution in [2.75, 3.05) is 6.54 Å². The van der Waals surface area contributed by atoms with Gasteiger partial charge in [-0.05, 0) is 35.1 Å². The second-order valence-corrected chi connectivity index (χ2v) is 8.01. The van der Waals surface area contributed by atoms with Crippen molar-refractivity contribution in [3.05, 3.63) is 96.1 Å². The van der Waals surface area contributed by atoms with Crippen LogP contribution in [0, 0.1) is 0 Å². The molecular weight excluding hydrogens is 426 g/mol. The average molecular weight is 458 g/mol. The van der Waals surface area contributed by atoms with Gasteiger partial charge in [0.05, 0.1) is 6.42 Å². The summed E-state index contributed by atoms with van der Waals surface area (Å²) in [5, 5.41) is 5.78. The average Bonchev–Trinajstić information content (AvgIpc) is 2.86. The fraction of sp³-hybridized carbons (Fsp3) is 0.222. The van der Waals surface area contributed by atoms with Crippen LogP contribution in [0.3, 0.4) is 0 Å². The summed E-state index contributed by atoms with van der Waals surface area (Å²) in [6.07, 6.45) is 1.18. The number of hydrogen-bond donors (Lipinski definition) is 4. The number of nitrogens with zero attached hydrogens (tertiary/aromatic N) is 1. The number of guanidine groups is 1. The lowest BCUT2D eigenvalue weighted by Gasteiger charge is -2.18. The highest BCUT2D eigenvalue weighted by molar-refractivity contribution is 5.88. The predicted molar refractivity (Wildman–Crippen MR) is 136 cm³/mol. The van der Waals surface area contributed by atoms with Gasteiger partial charge in [0.2, 0.25) is 11.8 Å². The minimum Gasteiger partial charge on any atom is -0.370 e. The van der Waals surface area contributed by atoms with Crippen molar-refractivity contribution < 1.29 is 9.59 Å². The minimum atomic E-state index is -0.672. The van der Waals surface area contributed by atoms with Crippen molar-refractivity contribution >= 4 is 17.8 Å². The molecule has 0 heterocycles. The summed E-state index contributed by atoms with van der Waals surface area (Å²) in [6, 6.07) is 26.9. The van der Waals surface area contributed by atoms with E-state index in [-0.39, 0.29) is 24.2 Å². The first-order valence-electron chi connectivity index (χ1n) is 11.3. The molecule has 7 heteroatoms. The van der Waals surface area contributed by atoms with Crippen LogP contribution in [0.2, 0.25) is 0 Å². The number of nitrogens with one attached hydrogen (secondary N) is 2. The Bertz CT molecular complexity index is 1080. The molecule has 0 aromatic heterocycles. The van der Waals surface area contributed by atoms with Gasteiger partial charge in [0.25, 0.3) is 0 Å². The second kappa shape index (κ2) is 12.8. The molecule has 0 aliphatic carbocycles. The Kier molecular flexibility index (Phi) is 9.22. The Labute approximate surface area is 200 Å². The Hall–Kier alpha value is -4.13. The van der Waals surface area contributed by atoms with Crippen molar-refractivity contribution in [1.82, 2.24) is 10.6 Å². The Morgan fingerprint density at radius 3 is 2.06 bits per heavy atom. The monoisotopic (exact) mass is 457 g/mol. The fourth-order valence-electron chi connectivity index (χ4n) is 3.56. The topological polar surface area (TPSA) is 123 Å². The highest BCUT2D eigenvalue weighted by Gasteiger charge is 2.20. The minimum absolute atomic E-state index is 0.00747. The highest BCUT2D eigenvalue weighted by atomic mass is 16.2. The molecule has 34 heavy (non-hydrogen) atoms. The van der Waals surface area contributed by atoms with Crippen molar-refractivity contribution in [2.45, 2.75) is 31.8 Å². The first kappa shape index (κ1) is 24.5. The summed E-state index contributed by atoms with van der Waals surface area (Å²) in [5.74, 6) is -0.441. The summed E-state index contributed by atoms with van der Waals surface area (Å²) >= 11 is 0. The lowest BCUT2D eigenvalue weighted by molar-refractivity contribution is -0.129. The van der Waals surface area contributed by atoms with Crippen molar-refractivity contribution in [1.29, 1.82) is 0 Å². The van der Waals surface area contributed by atoms with E-state index in [0.29, 0.717) is 25.9 Å². The molecule has 3 aromatic rings. The molecule has 0 bridgehead atoms. The first-order valence-corrected chi connectivity index (χ1v) is 11.3. The van der Waals surface area contributed by atoms with Crippen molar-refractivity contribution in [3.63, 3.8) is 0 Å². The van der Waals surface area contributed by atoms with E-state index in [2.05, 4.69) is 15.6 Å². The third-order valence-electron chi connectivity index (χ3n) is 5.33. The quantitative estimate of drug-likeness (QED) is 0.201. The zero-order chi connectivity index (χ0) is 24.2. The number of carbonyl (C=O) groups excluding carboxylic acids is 2. The second-order valence-electron chi connectivity index (χ2n) is 8.01. The molecule has 176 valence electrons. The molecule has 0 spiro atoms. The van der Waals surface area contributed by atoms with Crippen LogP contribution in [0.25, 0.3) is 11.1 Å². The van der Waals surface area contributed by atoms with Crippen LogP contribution in [-0.4, -0.2) is 30.4 Å². The molecule has 0 aliphatic heterocycles. The number of amides is 2. The largest absolute Gasteiger partial charge is 0.370 e. The smallest absolute Gasteiger partial charge is 0.242 e. The van der Waals surface area contributed by atoms with E-state index in [1.54, 1.807) is 0 Å². The summed E-state index contributed by atoms with van der Waals surface area (Å²) in [5.41, 5.74) is 14.8. The van der Waals surface area contributed by atoms with Gasteiger partial charge in [0.15, 0.2) is 5.96 Å². The molecule has 2 amide bonds. The van der Waals surface area contributed by atoms with Crippen LogP contribution in [0.4, 0.5) is 0 Å². The van der Waals surface area contributed by atoms with Crippen LogP contribution >= 0.6 is 0 Å². The molecule has 6 N–H and O–H groups in total. The Morgan fingerprint density at radius 1 is 0.794 bits per heavy atom. The fourth-order valence-corrected chi connectivity index (χ4v) is 3.56. The highest BCUT2D eigenvalue weighted by Crippen LogP contribution is 2.19. The lowest BCUT2D eigenvalue weighted by atomic mass is 10.0. The van der Waals surface area contributed by atoms with Gasteiger partial charge in [0, 0.05) is 13.1 Å². The molecule has 0 unspecified atom stereocenters. The predicted octanol–water partition coefficient (Wildman–Crippen LogP) is 2.75. The lowest BCUT2D eigenvalue weighted by Crippen LogP contribution is -2.47. The van der Waals surface area contributed by atoms with Crippen LogP contribution in [-0.2, 0) is 22.6 Å². The SMILES string of the molecule is NC(N)=NCCC[C@@H](NC(=O)Cc1ccc(-c2ccccc2)cc1)C(=O)NCc1ccccc1. The zero-order valence-electron chi connectivity index (χ0n) is 19.1. The van der Waals surface area contributed by atoms with E-state index in [1.807, 2.05) is 84.9 Å². The summed E-state index contributed by atoms with van der Waals surface area (Å²) < 4.78 is 0. The van der Waals surface area contributed by atoms with E-state index in [4.69, 9.17) is 11.5 Å². The van der Waals surface area contributed by atoms with Crippen molar-refractivity contribution in [3.8, 4) is 11.1 Å². The van der Waals surface area contributed by atoms with Crippen LogP contribution in [0.1, 0.15) is 24.0 Å². The summed E-state index contributed by atoms with van der Waals surface area (Å²) in [4.78, 5) is 29.5. The Morgan fingerprint density at radius 2 is 1.41 bits per heavy atom. The number of nitrogens with two attached hydrogens (primary N) is 2. The number of rotatable bonds is 11. The van der Waals surface area contributed by atoms with Gasteiger partial charge in [-0.1, -0.05) is 84.9 Å². The van der Waals surface area contributed by atoms with E-state index in [0.717, 1.165) is 22.3 Å². The standard InChI is InChI=1S/C27H31N5O2/c28-27(29)30-17-7-12-24(26(34)31-19-21-8-3-1-4-9-21)32-25(33)18-20-13-15-23(16-14-20)22-10-5-2-6-11-22/h1-6,8-11,13-16,24H,7,12,17-19H2,(H,31,34)(H,32,33)(H4,28,29,30)/t24-/m1/s1. The van der Waals surface area contributed by atoms with Gasteiger partial charge < -0.3 is 22.1 Å². The van der Waals surface area contributed by atoms with Crippen LogP contribution in [0.15, 0.2) is 89.9 Å². The molecular formula is C27H31N5O2. The van der Waals surface area contributed by atoms with E-state index < -0.39 is 6.04 Å². The maximum atomic E-state index is 12.8. The third kappa shape index (κ3) is 8.09. The molecule has 0 radical (unpaired) electrons. The van der Waals surface area contributed by atoms with Crippen LogP contribution < -0.4 is 22.1 Å². The van der Waals surface area contributed by atoms with Crippen molar-refractivity contribution in [2.24, 2.45) is 16.5 Å². The van der Waals surface area contributed by atoms with E-state index in [1.165, 1.54) is 0 Å². The van der Waals surface area contributed by atoms with E-state index in [9.17, 15) is 9.59 Å². The number of aliphatic imine (C=N–C) groups is 1. The molecule has 0 aliphatic rings. The zero-order valence-corrected chi connectivity index (χ0v) is 19.1. The van der Waals surface area contributed by atoms with E-state index >= 15 is 0 Å². The van der Waals surface area contributed by atoms with Gasteiger partial charge >= 0.3 is 0 Å². The molecule has 3 rings (SSSR count). The van der Waals surface area contributed by atoms with Gasteiger partial charge in [-0.3, -0.25) is 14.6 Å².